The molecule has 3 N–H and O–H groups in total. The van der Waals surface area contributed by atoms with Gasteiger partial charge >= 0.3 is 19.8 Å². The van der Waals surface area contributed by atoms with E-state index in [1.54, 1.807) is 0 Å². The molecular weight excluding hydrogens is 1090 g/mol. The van der Waals surface area contributed by atoms with Gasteiger partial charge in [0.15, 0.2) is 6.10 Å². The second kappa shape index (κ2) is 71.3. The number of rotatable bonds is 69. The van der Waals surface area contributed by atoms with Gasteiger partial charge in [-0.1, -0.05) is 356 Å². The summed E-state index contributed by atoms with van der Waals surface area (Å²) < 4.78 is 33.2. The molecule has 0 spiro atoms. The molecule has 2 unspecified atom stereocenters. The van der Waals surface area contributed by atoms with Gasteiger partial charge in [-0.2, -0.15) is 0 Å². The van der Waals surface area contributed by atoms with Gasteiger partial charge in [-0.3, -0.25) is 18.6 Å². The molecule has 9 nitrogen and oxygen atoms in total. The first-order chi connectivity index (χ1) is 42.3. The van der Waals surface area contributed by atoms with Crippen LogP contribution in [0.25, 0.3) is 0 Å². The molecule has 0 rings (SSSR count). The molecular formula is C76H138NO8P. The van der Waals surface area contributed by atoms with Crippen LogP contribution in [0, 0.1) is 0 Å². The highest BCUT2D eigenvalue weighted by Crippen LogP contribution is 2.43. The van der Waals surface area contributed by atoms with Crippen molar-refractivity contribution in [2.75, 3.05) is 26.4 Å². The molecule has 0 fully saturated rings. The molecule has 86 heavy (non-hydrogen) atoms. The Morgan fingerprint density at radius 2 is 0.640 bits per heavy atom. The molecule has 500 valence electrons. The summed E-state index contributed by atoms with van der Waals surface area (Å²) in [5.74, 6) is -0.810. The molecule has 0 bridgehead atoms. The molecule has 10 heteroatoms. The maximum absolute atomic E-state index is 12.8. The van der Waals surface area contributed by atoms with Gasteiger partial charge in [0.1, 0.15) is 6.61 Å². The van der Waals surface area contributed by atoms with Gasteiger partial charge in [-0.05, 0) is 70.6 Å². The Labute approximate surface area is 532 Å². The van der Waals surface area contributed by atoms with Crippen LogP contribution >= 0.6 is 7.82 Å². The third-order valence-corrected chi connectivity index (χ3v) is 17.0. The minimum absolute atomic E-state index is 0.0538. The summed E-state index contributed by atoms with van der Waals surface area (Å²) in [4.78, 5) is 35.4. The van der Waals surface area contributed by atoms with Crippen molar-refractivity contribution in [2.45, 2.75) is 360 Å². The number of hydrogen-bond donors (Lipinski definition) is 2. The quantitative estimate of drug-likeness (QED) is 0.0264. The minimum Gasteiger partial charge on any atom is -0.462 e. The summed E-state index contributed by atoms with van der Waals surface area (Å²) in [5.41, 5.74) is 5.41. The Kier molecular flexibility index (Phi) is 68.9. The Morgan fingerprint density at radius 1 is 0.360 bits per heavy atom. The van der Waals surface area contributed by atoms with Crippen molar-refractivity contribution in [1.82, 2.24) is 0 Å². The second-order valence-corrected chi connectivity index (χ2v) is 25.9. The van der Waals surface area contributed by atoms with Crippen LogP contribution < -0.4 is 5.73 Å². The topological polar surface area (TPSA) is 134 Å². The highest BCUT2D eigenvalue weighted by atomic mass is 31.2. The van der Waals surface area contributed by atoms with Crippen LogP contribution in [0.2, 0.25) is 0 Å². The summed E-state index contributed by atoms with van der Waals surface area (Å²) in [6.07, 6.45) is 95.5. The first-order valence-corrected chi connectivity index (χ1v) is 38.1. The predicted octanol–water partition coefficient (Wildman–Crippen LogP) is 24.1. The largest absolute Gasteiger partial charge is 0.472 e. The molecule has 0 aliphatic rings. The Morgan fingerprint density at radius 3 is 0.953 bits per heavy atom. The van der Waals surface area contributed by atoms with Crippen LogP contribution in [0.1, 0.15) is 354 Å². The molecule has 0 aliphatic heterocycles. The zero-order valence-electron chi connectivity index (χ0n) is 56.3. The number of unbranched alkanes of at least 4 members (excludes halogenated alkanes) is 42. The number of allylic oxidation sites excluding steroid dienone is 14. The lowest BCUT2D eigenvalue weighted by Crippen LogP contribution is -2.29. The van der Waals surface area contributed by atoms with E-state index in [4.69, 9.17) is 24.3 Å². The summed E-state index contributed by atoms with van der Waals surface area (Å²) >= 11 is 0. The minimum atomic E-state index is -4.39. The van der Waals surface area contributed by atoms with Crippen molar-refractivity contribution in [3.8, 4) is 0 Å². The number of hydrogen-bond acceptors (Lipinski definition) is 8. The van der Waals surface area contributed by atoms with Gasteiger partial charge in [0.2, 0.25) is 0 Å². The molecule has 0 aromatic rings. The lowest BCUT2D eigenvalue weighted by atomic mass is 10.0. The highest BCUT2D eigenvalue weighted by molar-refractivity contribution is 7.47. The lowest BCUT2D eigenvalue weighted by Gasteiger charge is -2.19. The molecule has 0 aliphatic carbocycles. The Bertz CT molecular complexity index is 1690. The number of phosphoric ester groups is 1. The van der Waals surface area contributed by atoms with Crippen molar-refractivity contribution >= 4 is 19.8 Å². The molecule has 2 atom stereocenters. The zero-order valence-corrected chi connectivity index (χ0v) is 57.2. The monoisotopic (exact) mass is 1220 g/mol. The Hall–Kier alpha value is -2.81. The van der Waals surface area contributed by atoms with E-state index in [-0.39, 0.29) is 38.6 Å². The average Bonchev–Trinajstić information content (AvgIpc) is 3.55. The standard InChI is InChI=1S/C76H138NO8P/c1-3-5-7-9-11-13-15-17-19-21-23-25-27-29-31-32-33-34-35-36-37-38-39-40-41-42-43-45-47-49-51-53-55-57-59-61-63-65-67-69-76(79)85-74(73-84-86(80,81)83-71-70-77)72-82-75(78)68-66-64-62-60-58-56-54-52-50-48-46-44-30-28-26-24-22-20-18-16-14-12-10-8-6-4-2/h5,7,11,13,17,19,23,25,29,31,33-34,36-37,74H,3-4,6,8-10,12,14-16,18,20-22,24,26-28,30,32,35,38-73,77H2,1-2H3,(H,80,81)/b7-5-,13-11-,19-17-,25-23-,31-29-,34-33-,37-36-. The number of esters is 2. The van der Waals surface area contributed by atoms with E-state index in [0.29, 0.717) is 6.42 Å². The second-order valence-electron chi connectivity index (χ2n) is 24.4. The van der Waals surface area contributed by atoms with Crippen LogP contribution in [0.3, 0.4) is 0 Å². The van der Waals surface area contributed by atoms with E-state index in [9.17, 15) is 19.0 Å². The van der Waals surface area contributed by atoms with Crippen LogP contribution in [0.15, 0.2) is 85.1 Å². The van der Waals surface area contributed by atoms with E-state index in [0.717, 1.165) is 83.5 Å². The molecule has 0 aromatic carbocycles. The van der Waals surface area contributed by atoms with Gasteiger partial charge < -0.3 is 20.1 Å². The van der Waals surface area contributed by atoms with Gasteiger partial charge in [0.25, 0.3) is 0 Å². The lowest BCUT2D eigenvalue weighted by molar-refractivity contribution is -0.161. The van der Waals surface area contributed by atoms with Crippen LogP contribution in [-0.2, 0) is 32.7 Å². The molecule has 0 heterocycles. The smallest absolute Gasteiger partial charge is 0.462 e. The fourth-order valence-corrected chi connectivity index (χ4v) is 11.4. The number of phosphoric acid groups is 1. The number of ether oxygens (including phenoxy) is 2. The predicted molar refractivity (Wildman–Crippen MR) is 372 cm³/mol. The van der Waals surface area contributed by atoms with Gasteiger partial charge in [-0.15, -0.1) is 0 Å². The number of carbonyl (C=O) groups is 2. The van der Waals surface area contributed by atoms with Gasteiger partial charge in [0, 0.05) is 19.4 Å². The normalized spacial score (nSPS) is 13.4. The first-order valence-electron chi connectivity index (χ1n) is 36.6. The van der Waals surface area contributed by atoms with E-state index >= 15 is 0 Å². The van der Waals surface area contributed by atoms with Crippen molar-refractivity contribution in [3.63, 3.8) is 0 Å². The fraction of sp³-hybridized carbons (Fsp3) is 0.789. The SMILES string of the molecule is CC/C=C\C/C=C\C/C=C\C/C=C\C/C=C\C/C=C\C/C=C\CCCCCCCCCCCCCCCCCCCC(=O)OC(COC(=O)CCCCCCCCCCCCCCCCCCCCCCCCCCCC)COP(=O)(O)OCCN. The van der Waals surface area contributed by atoms with Crippen molar-refractivity contribution in [3.05, 3.63) is 85.1 Å². The average molecular weight is 1220 g/mol. The zero-order chi connectivity index (χ0) is 62.3. The highest BCUT2D eigenvalue weighted by Gasteiger charge is 2.26. The van der Waals surface area contributed by atoms with Crippen LogP contribution in [0.5, 0.6) is 0 Å². The maximum Gasteiger partial charge on any atom is 0.472 e. The van der Waals surface area contributed by atoms with E-state index in [1.807, 2.05) is 0 Å². The third-order valence-electron chi connectivity index (χ3n) is 16.0. The fourth-order valence-electron chi connectivity index (χ4n) is 10.7. The van der Waals surface area contributed by atoms with Crippen molar-refractivity contribution in [1.29, 1.82) is 0 Å². The summed E-state index contributed by atoms with van der Waals surface area (Å²) in [5, 5.41) is 0. The summed E-state index contributed by atoms with van der Waals surface area (Å²) in [7, 11) is -4.39. The maximum atomic E-state index is 12.8. The molecule has 0 radical (unpaired) electrons. The third kappa shape index (κ3) is 70.3. The van der Waals surface area contributed by atoms with E-state index in [1.165, 1.54) is 238 Å². The number of nitrogens with two attached hydrogens (primary N) is 1. The van der Waals surface area contributed by atoms with Crippen LogP contribution in [-0.4, -0.2) is 49.3 Å². The molecule has 0 saturated carbocycles. The molecule has 0 amide bonds. The van der Waals surface area contributed by atoms with Gasteiger partial charge in [-0.25, -0.2) is 4.57 Å². The summed E-state index contributed by atoms with van der Waals surface area (Å²) in [6, 6.07) is 0. The molecule has 0 aromatic heterocycles. The van der Waals surface area contributed by atoms with Gasteiger partial charge in [0.05, 0.1) is 13.2 Å². The van der Waals surface area contributed by atoms with E-state index < -0.39 is 26.5 Å². The first kappa shape index (κ1) is 83.2. The summed E-state index contributed by atoms with van der Waals surface area (Å²) in [6.45, 7) is 3.69. The Balaban J connectivity index is 3.83. The van der Waals surface area contributed by atoms with Crippen LogP contribution in [0.4, 0.5) is 0 Å². The van der Waals surface area contributed by atoms with Crippen molar-refractivity contribution in [2.24, 2.45) is 5.73 Å². The molecule has 0 saturated heterocycles. The number of carbonyl (C=O) groups excluding carboxylic acids is 2. The van der Waals surface area contributed by atoms with Crippen molar-refractivity contribution < 1.29 is 37.6 Å². The van der Waals surface area contributed by atoms with E-state index in [2.05, 4.69) is 98.9 Å².